The van der Waals surface area contributed by atoms with Gasteiger partial charge in [-0.05, 0) is 24.8 Å². The number of hydrogen-bond acceptors (Lipinski definition) is 3. The minimum absolute atomic E-state index is 0.00876. The molecule has 1 fully saturated rings. The van der Waals surface area contributed by atoms with Crippen molar-refractivity contribution >= 4 is 11.9 Å². The second kappa shape index (κ2) is 5.50. The Hall–Kier alpha value is -1.85. The predicted octanol–water partition coefficient (Wildman–Crippen LogP) is 1.56. The third kappa shape index (κ3) is 2.54. The van der Waals surface area contributed by atoms with E-state index < -0.39 is 11.4 Å². The molecule has 0 saturated carbocycles. The summed E-state index contributed by atoms with van der Waals surface area (Å²) in [5, 5.41) is 13.8. The van der Waals surface area contributed by atoms with Gasteiger partial charge in [0, 0.05) is 20.1 Å². The first-order valence-corrected chi connectivity index (χ1v) is 7.37. The molecule has 2 rings (SSSR count). The highest BCUT2D eigenvalue weighted by molar-refractivity contribution is 5.93. The van der Waals surface area contributed by atoms with E-state index in [9.17, 15) is 14.7 Å². The number of carboxylic acids is 1. The molecular weight excluding hydrogens is 270 g/mol. The number of nitrogens with zero attached hydrogens (tertiary/aromatic N) is 3. The summed E-state index contributed by atoms with van der Waals surface area (Å²) in [4.78, 5) is 25.9. The van der Waals surface area contributed by atoms with E-state index in [2.05, 4.69) is 5.10 Å². The van der Waals surface area contributed by atoms with Crippen molar-refractivity contribution < 1.29 is 14.7 Å². The van der Waals surface area contributed by atoms with Crippen LogP contribution in [0.4, 0.5) is 0 Å². The van der Waals surface area contributed by atoms with Gasteiger partial charge in [0.05, 0.1) is 11.1 Å². The van der Waals surface area contributed by atoms with Crippen LogP contribution in [0.2, 0.25) is 0 Å². The number of carboxylic acid groups (broad SMARTS) is 1. The molecule has 0 radical (unpaired) electrons. The van der Waals surface area contributed by atoms with E-state index >= 15 is 0 Å². The van der Waals surface area contributed by atoms with Crippen molar-refractivity contribution in [2.45, 2.75) is 33.6 Å². The molecule has 1 saturated heterocycles. The lowest BCUT2D eigenvalue weighted by Crippen LogP contribution is -2.40. The van der Waals surface area contributed by atoms with Gasteiger partial charge in [-0.15, -0.1) is 0 Å². The smallest absolute Gasteiger partial charge is 0.311 e. The van der Waals surface area contributed by atoms with Crippen molar-refractivity contribution in [2.24, 2.45) is 18.4 Å². The average Bonchev–Trinajstić information content (AvgIpc) is 3.02. The Balaban J connectivity index is 2.22. The van der Waals surface area contributed by atoms with Gasteiger partial charge in [-0.2, -0.15) is 5.10 Å². The van der Waals surface area contributed by atoms with Crippen molar-refractivity contribution in [3.63, 3.8) is 0 Å². The van der Waals surface area contributed by atoms with Gasteiger partial charge in [0.2, 0.25) is 0 Å². The zero-order valence-electron chi connectivity index (χ0n) is 13.1. The quantitative estimate of drug-likeness (QED) is 0.914. The zero-order chi connectivity index (χ0) is 15.8. The number of carbonyl (C=O) groups excluding carboxylic acids is 1. The Morgan fingerprint density at radius 2 is 2.14 bits per heavy atom. The van der Waals surface area contributed by atoms with E-state index in [0.29, 0.717) is 18.7 Å². The second-order valence-corrected chi connectivity index (χ2v) is 6.09. The highest BCUT2D eigenvalue weighted by Gasteiger charge is 2.48. The lowest BCUT2D eigenvalue weighted by atomic mass is 9.76. The van der Waals surface area contributed by atoms with Gasteiger partial charge in [-0.25, -0.2) is 0 Å². The van der Waals surface area contributed by atoms with Crippen molar-refractivity contribution in [1.82, 2.24) is 14.7 Å². The summed E-state index contributed by atoms with van der Waals surface area (Å²) in [6.45, 7) is 6.55. The van der Waals surface area contributed by atoms with Gasteiger partial charge in [0.25, 0.3) is 5.91 Å². The maximum Gasteiger partial charge on any atom is 0.311 e. The van der Waals surface area contributed by atoms with Gasteiger partial charge >= 0.3 is 5.97 Å². The maximum absolute atomic E-state index is 12.6. The Morgan fingerprint density at radius 3 is 2.57 bits per heavy atom. The zero-order valence-corrected chi connectivity index (χ0v) is 13.1. The lowest BCUT2D eigenvalue weighted by molar-refractivity contribution is -0.150. The molecule has 2 heterocycles. The van der Waals surface area contributed by atoms with Crippen molar-refractivity contribution in [3.05, 3.63) is 17.5 Å². The summed E-state index contributed by atoms with van der Waals surface area (Å²) in [5.41, 5.74) is 0.562. The molecular formula is C15H23N3O3. The van der Waals surface area contributed by atoms with Gasteiger partial charge in [0.15, 0.2) is 0 Å². The summed E-state index contributed by atoms with van der Waals surface area (Å²) in [7, 11) is 1.75. The number of aromatic nitrogens is 2. The number of rotatable bonds is 4. The molecule has 116 valence electrons. The van der Waals surface area contributed by atoms with Crippen LogP contribution in [0.1, 0.15) is 43.4 Å². The molecule has 1 amide bonds. The first-order valence-electron chi connectivity index (χ1n) is 7.37. The van der Waals surface area contributed by atoms with Gasteiger partial charge in [-0.3, -0.25) is 14.3 Å². The van der Waals surface area contributed by atoms with Crippen LogP contribution in [0.15, 0.2) is 6.07 Å². The Morgan fingerprint density at radius 1 is 1.48 bits per heavy atom. The molecule has 6 heteroatoms. The predicted molar refractivity (Wildman–Crippen MR) is 78.0 cm³/mol. The number of aryl methyl sites for hydroxylation is 2. The summed E-state index contributed by atoms with van der Waals surface area (Å²) in [6, 6.07) is 1.79. The van der Waals surface area contributed by atoms with E-state index in [1.165, 1.54) is 0 Å². The normalized spacial score (nSPS) is 22.0. The molecule has 21 heavy (non-hydrogen) atoms. The average molecular weight is 293 g/mol. The SMILES string of the molecule is CCc1cc(C(=O)N2CCC(C(=O)O)(C(C)C)C2)n(C)n1. The third-order valence-electron chi connectivity index (χ3n) is 4.63. The number of amides is 1. The molecule has 6 nitrogen and oxygen atoms in total. The summed E-state index contributed by atoms with van der Waals surface area (Å²) >= 11 is 0. The van der Waals surface area contributed by atoms with E-state index in [1.807, 2.05) is 20.8 Å². The van der Waals surface area contributed by atoms with E-state index in [0.717, 1.165) is 12.1 Å². The summed E-state index contributed by atoms with van der Waals surface area (Å²) in [6.07, 6.45) is 1.27. The largest absolute Gasteiger partial charge is 0.481 e. The molecule has 0 aromatic carbocycles. The van der Waals surface area contributed by atoms with Crippen molar-refractivity contribution in [1.29, 1.82) is 0 Å². The van der Waals surface area contributed by atoms with Crippen LogP contribution >= 0.6 is 0 Å². The van der Waals surface area contributed by atoms with Crippen LogP contribution in [0.25, 0.3) is 0 Å². The summed E-state index contributed by atoms with van der Waals surface area (Å²) < 4.78 is 1.58. The molecule has 0 aliphatic carbocycles. The van der Waals surface area contributed by atoms with Gasteiger partial charge < -0.3 is 10.0 Å². The Bertz CT molecular complexity index is 565. The van der Waals surface area contributed by atoms with Gasteiger partial charge in [-0.1, -0.05) is 20.8 Å². The monoisotopic (exact) mass is 293 g/mol. The molecule has 1 aliphatic heterocycles. The van der Waals surface area contributed by atoms with Gasteiger partial charge in [0.1, 0.15) is 5.69 Å². The number of likely N-dealkylation sites (tertiary alicyclic amines) is 1. The number of aliphatic carboxylic acids is 1. The van der Waals surface area contributed by atoms with Crippen LogP contribution in [0, 0.1) is 11.3 Å². The highest BCUT2D eigenvalue weighted by atomic mass is 16.4. The molecule has 0 spiro atoms. The molecule has 1 aromatic heterocycles. The Labute approximate surface area is 124 Å². The summed E-state index contributed by atoms with van der Waals surface area (Å²) in [5.74, 6) is -0.953. The number of hydrogen-bond donors (Lipinski definition) is 1. The third-order valence-corrected chi connectivity index (χ3v) is 4.63. The standard InChI is InChI=1S/C15H23N3O3/c1-5-11-8-12(17(4)16-11)13(19)18-7-6-15(9-18,10(2)3)14(20)21/h8,10H,5-7,9H2,1-4H3,(H,20,21). The molecule has 1 atom stereocenters. The molecule has 1 N–H and O–H groups in total. The fraction of sp³-hybridized carbons (Fsp3) is 0.667. The fourth-order valence-electron chi connectivity index (χ4n) is 2.96. The van der Waals surface area contributed by atoms with Crippen LogP contribution < -0.4 is 0 Å². The fourth-order valence-corrected chi connectivity index (χ4v) is 2.96. The second-order valence-electron chi connectivity index (χ2n) is 6.09. The topological polar surface area (TPSA) is 75.4 Å². The molecule has 0 bridgehead atoms. The van der Waals surface area contributed by atoms with E-state index in [1.54, 1.807) is 22.7 Å². The molecule has 1 aliphatic rings. The highest BCUT2D eigenvalue weighted by Crippen LogP contribution is 2.38. The lowest BCUT2D eigenvalue weighted by Gasteiger charge is -2.28. The minimum Gasteiger partial charge on any atom is -0.481 e. The van der Waals surface area contributed by atoms with E-state index in [4.69, 9.17) is 0 Å². The van der Waals surface area contributed by atoms with Crippen LogP contribution in [-0.2, 0) is 18.3 Å². The number of carbonyl (C=O) groups is 2. The Kier molecular flexibility index (Phi) is 4.07. The van der Waals surface area contributed by atoms with Crippen molar-refractivity contribution in [3.8, 4) is 0 Å². The first kappa shape index (κ1) is 15.5. The first-order chi connectivity index (χ1) is 9.81. The maximum atomic E-state index is 12.6. The van der Waals surface area contributed by atoms with Crippen LogP contribution in [0.3, 0.4) is 0 Å². The van der Waals surface area contributed by atoms with Crippen molar-refractivity contribution in [2.75, 3.05) is 13.1 Å². The van der Waals surface area contributed by atoms with Crippen LogP contribution in [-0.4, -0.2) is 44.8 Å². The molecule has 1 aromatic rings. The molecule has 1 unspecified atom stereocenters. The van der Waals surface area contributed by atoms with E-state index in [-0.39, 0.29) is 18.4 Å². The van der Waals surface area contributed by atoms with Crippen LogP contribution in [0.5, 0.6) is 0 Å². The minimum atomic E-state index is -0.832.